The molecule has 0 aromatic heterocycles. The second kappa shape index (κ2) is 14.9. The van der Waals surface area contributed by atoms with Crippen molar-refractivity contribution in [1.82, 2.24) is 4.90 Å². The van der Waals surface area contributed by atoms with Gasteiger partial charge in [-0.1, -0.05) is 48.5 Å². The molecule has 3 aromatic carbocycles. The van der Waals surface area contributed by atoms with Crippen molar-refractivity contribution in [3.8, 4) is 5.75 Å². The molecule has 0 spiro atoms. The van der Waals surface area contributed by atoms with Crippen molar-refractivity contribution in [2.45, 2.75) is 38.1 Å². The second-order valence-corrected chi connectivity index (χ2v) is 10.8. The minimum absolute atomic E-state index is 0.00452. The smallest absolute Gasteiger partial charge is 0.410 e. The van der Waals surface area contributed by atoms with Crippen LogP contribution in [0.3, 0.4) is 0 Å². The molecule has 0 N–H and O–H groups in total. The Morgan fingerprint density at radius 2 is 1.75 bits per heavy atom. The van der Waals surface area contributed by atoms with Gasteiger partial charge in [-0.3, -0.25) is 4.79 Å². The monoisotopic (exact) mass is 602 g/mol. The zero-order valence-electron chi connectivity index (χ0n) is 25.1. The highest BCUT2D eigenvalue weighted by atomic mass is 16.6. The summed E-state index contributed by atoms with van der Waals surface area (Å²) in [5.41, 5.74) is 3.98. The van der Waals surface area contributed by atoms with Gasteiger partial charge in [-0.15, -0.1) is 0 Å². The van der Waals surface area contributed by atoms with Crippen molar-refractivity contribution in [1.29, 1.82) is 0 Å². The molecule has 0 radical (unpaired) electrons. The molecule has 44 heavy (non-hydrogen) atoms. The first-order valence-electron chi connectivity index (χ1n) is 14.8. The molecular weight excluding hydrogens is 564 g/mol. The number of nitrogens with zero attached hydrogens (tertiary/aromatic N) is 2. The van der Waals surface area contributed by atoms with Crippen LogP contribution in [0.2, 0.25) is 0 Å². The highest BCUT2D eigenvalue weighted by Gasteiger charge is 2.34. The average molecular weight is 603 g/mol. The molecule has 10 heteroatoms. The van der Waals surface area contributed by atoms with E-state index in [-0.39, 0.29) is 37.7 Å². The lowest BCUT2D eigenvalue weighted by Gasteiger charge is -2.38. The van der Waals surface area contributed by atoms with Crippen molar-refractivity contribution in [2.75, 3.05) is 52.0 Å². The van der Waals surface area contributed by atoms with Crippen LogP contribution in [0.1, 0.15) is 45.8 Å². The van der Waals surface area contributed by atoms with Crippen LogP contribution in [0.4, 0.5) is 10.5 Å². The van der Waals surface area contributed by atoms with Crippen molar-refractivity contribution in [3.63, 3.8) is 0 Å². The molecule has 2 unspecified atom stereocenters. The van der Waals surface area contributed by atoms with Gasteiger partial charge in [0.05, 0.1) is 37.6 Å². The van der Waals surface area contributed by atoms with E-state index >= 15 is 0 Å². The summed E-state index contributed by atoms with van der Waals surface area (Å²) in [4.78, 5) is 41.1. The van der Waals surface area contributed by atoms with Crippen molar-refractivity contribution in [3.05, 3.63) is 95.1 Å². The number of carbonyl (C=O) groups excluding carboxylic acids is 3. The van der Waals surface area contributed by atoms with E-state index in [0.717, 1.165) is 16.7 Å². The van der Waals surface area contributed by atoms with Crippen LogP contribution in [0.5, 0.6) is 5.75 Å². The van der Waals surface area contributed by atoms with Crippen LogP contribution in [0.25, 0.3) is 0 Å². The van der Waals surface area contributed by atoms with Crippen LogP contribution in [0.15, 0.2) is 72.8 Å². The number of benzene rings is 3. The molecule has 0 bridgehead atoms. The maximum absolute atomic E-state index is 13.1. The second-order valence-electron chi connectivity index (χ2n) is 10.8. The van der Waals surface area contributed by atoms with Gasteiger partial charge < -0.3 is 33.5 Å². The number of fused-ring (bicyclic) bond motifs is 1. The largest absolute Gasteiger partial charge is 0.482 e. The predicted octanol–water partition coefficient (Wildman–Crippen LogP) is 4.95. The Balaban J connectivity index is 1.31. The van der Waals surface area contributed by atoms with Gasteiger partial charge in [-0.25, -0.2) is 9.59 Å². The Bertz CT molecular complexity index is 1430. The van der Waals surface area contributed by atoms with Gasteiger partial charge in [0.25, 0.3) is 5.91 Å². The molecule has 1 fully saturated rings. The summed E-state index contributed by atoms with van der Waals surface area (Å²) in [5.74, 6) is 0.137. The molecule has 2 aliphatic rings. The number of likely N-dealkylation sites (tertiary alicyclic amines) is 1. The summed E-state index contributed by atoms with van der Waals surface area (Å²) < 4.78 is 27.8. The standard InChI is InChI=1S/C34H38N2O8/c1-40-18-6-16-36-29-19-25(9-14-30(29)43-23-32(36)37)22-42-31-20-35(34(39)44-21-24-7-4-3-5-8-24)17-15-28(31)26-10-12-27(13-11-26)33(38)41-2/h3-5,7-14,19,28,31H,6,15-18,20-23H2,1-2H3. The zero-order chi connectivity index (χ0) is 30.9. The fraction of sp³-hybridized carbons (Fsp3) is 0.382. The third-order valence-corrected chi connectivity index (χ3v) is 7.94. The Hall–Kier alpha value is -4.41. The van der Waals surface area contributed by atoms with E-state index in [2.05, 4.69) is 0 Å². The lowest BCUT2D eigenvalue weighted by Crippen LogP contribution is -2.47. The van der Waals surface area contributed by atoms with Gasteiger partial charge in [0.2, 0.25) is 0 Å². The minimum Gasteiger partial charge on any atom is -0.482 e. The highest BCUT2D eigenvalue weighted by Crippen LogP contribution is 2.35. The van der Waals surface area contributed by atoms with Gasteiger partial charge in [0.1, 0.15) is 12.4 Å². The van der Waals surface area contributed by atoms with Gasteiger partial charge >= 0.3 is 12.1 Å². The molecule has 10 nitrogen and oxygen atoms in total. The fourth-order valence-corrected chi connectivity index (χ4v) is 5.58. The quantitative estimate of drug-likeness (QED) is 0.225. The molecule has 1 saturated heterocycles. The lowest BCUT2D eigenvalue weighted by atomic mass is 9.86. The van der Waals surface area contributed by atoms with E-state index < -0.39 is 12.1 Å². The summed E-state index contributed by atoms with van der Waals surface area (Å²) >= 11 is 0. The number of piperidine rings is 1. The summed E-state index contributed by atoms with van der Waals surface area (Å²) in [7, 11) is 2.99. The molecule has 2 atom stereocenters. The predicted molar refractivity (Wildman–Crippen MR) is 163 cm³/mol. The topological polar surface area (TPSA) is 104 Å². The highest BCUT2D eigenvalue weighted by molar-refractivity contribution is 5.97. The Labute approximate surface area is 257 Å². The fourth-order valence-electron chi connectivity index (χ4n) is 5.58. The number of carbonyl (C=O) groups is 3. The first-order valence-corrected chi connectivity index (χ1v) is 14.8. The van der Waals surface area contributed by atoms with Gasteiger partial charge in [-0.2, -0.15) is 0 Å². The number of hydrogen-bond acceptors (Lipinski definition) is 8. The van der Waals surface area contributed by atoms with E-state index in [1.807, 2.05) is 60.7 Å². The summed E-state index contributed by atoms with van der Waals surface area (Å²) in [6.45, 7) is 2.39. The normalized spacial score (nSPS) is 17.9. The SMILES string of the molecule is COCCCN1C(=O)COc2ccc(COC3CN(C(=O)OCc4ccccc4)CCC3c3ccc(C(=O)OC)cc3)cc21. The number of hydrogen-bond donors (Lipinski definition) is 0. The Morgan fingerprint density at radius 3 is 2.50 bits per heavy atom. The third kappa shape index (κ3) is 7.56. The molecule has 3 aromatic rings. The number of ether oxygens (including phenoxy) is 5. The Morgan fingerprint density at radius 1 is 0.955 bits per heavy atom. The van der Waals surface area contributed by atoms with E-state index in [9.17, 15) is 14.4 Å². The lowest BCUT2D eigenvalue weighted by molar-refractivity contribution is -0.121. The molecule has 2 heterocycles. The van der Waals surface area contributed by atoms with Crippen LogP contribution in [-0.4, -0.2) is 76.0 Å². The van der Waals surface area contributed by atoms with Gasteiger partial charge in [0.15, 0.2) is 6.61 Å². The van der Waals surface area contributed by atoms with Crippen molar-refractivity contribution >= 4 is 23.7 Å². The third-order valence-electron chi connectivity index (χ3n) is 7.94. The van der Waals surface area contributed by atoms with Crippen molar-refractivity contribution in [2.24, 2.45) is 0 Å². The number of rotatable bonds is 11. The maximum atomic E-state index is 13.1. The van der Waals surface area contributed by atoms with E-state index in [1.165, 1.54) is 7.11 Å². The van der Waals surface area contributed by atoms with Crippen LogP contribution in [-0.2, 0) is 37.0 Å². The first-order chi connectivity index (χ1) is 21.5. The van der Waals surface area contributed by atoms with E-state index in [0.29, 0.717) is 56.1 Å². The first kappa shape index (κ1) is 31.0. The minimum atomic E-state index is -0.397. The zero-order valence-corrected chi connectivity index (χ0v) is 25.1. The van der Waals surface area contributed by atoms with Gasteiger partial charge in [0, 0.05) is 32.7 Å². The molecule has 232 valence electrons. The van der Waals surface area contributed by atoms with E-state index in [1.54, 1.807) is 29.0 Å². The molecular formula is C34H38N2O8. The number of anilines is 1. The maximum Gasteiger partial charge on any atom is 0.410 e. The van der Waals surface area contributed by atoms with Crippen LogP contribution < -0.4 is 9.64 Å². The summed E-state index contributed by atoms with van der Waals surface area (Å²) in [6.07, 6.45) is 0.626. The summed E-state index contributed by atoms with van der Waals surface area (Å²) in [5, 5.41) is 0. The number of esters is 1. The Kier molecular flexibility index (Phi) is 10.5. The number of methoxy groups -OCH3 is 2. The van der Waals surface area contributed by atoms with Crippen LogP contribution in [0, 0.1) is 0 Å². The van der Waals surface area contributed by atoms with Gasteiger partial charge in [-0.05, 0) is 53.8 Å². The van der Waals surface area contributed by atoms with Crippen LogP contribution >= 0.6 is 0 Å². The molecule has 0 aliphatic carbocycles. The van der Waals surface area contributed by atoms with Crippen molar-refractivity contribution < 1.29 is 38.1 Å². The number of amides is 2. The molecule has 2 aliphatic heterocycles. The average Bonchev–Trinajstić information content (AvgIpc) is 3.07. The molecule has 2 amide bonds. The molecule has 0 saturated carbocycles. The van der Waals surface area contributed by atoms with E-state index in [4.69, 9.17) is 23.7 Å². The molecule has 5 rings (SSSR count). The summed E-state index contributed by atoms with van der Waals surface area (Å²) in [6, 6.07) is 22.6.